The largest absolute Gasteiger partial charge is 0.476 e. The highest BCUT2D eigenvalue weighted by Gasteiger charge is 2.39. The van der Waals surface area contributed by atoms with Gasteiger partial charge in [-0.2, -0.15) is 4.98 Å². The molecule has 0 spiro atoms. The highest BCUT2D eigenvalue weighted by Crippen LogP contribution is 2.46. The second-order valence-corrected chi connectivity index (χ2v) is 22.2. The number of rotatable bonds is 9. The minimum Gasteiger partial charge on any atom is -0.476 e. The predicted octanol–water partition coefficient (Wildman–Crippen LogP) is 8.77. The Morgan fingerprint density at radius 2 is 1.79 bits per heavy atom. The molecule has 19 heteroatoms. The molecule has 15 nitrogen and oxygen atoms in total. The summed E-state index contributed by atoms with van der Waals surface area (Å²) in [6.45, 7) is 10.2. The van der Waals surface area contributed by atoms with Crippen molar-refractivity contribution in [3.05, 3.63) is 99.8 Å². The number of allylic oxidation sites excluding steroid dienone is 1. The lowest BCUT2D eigenvalue weighted by atomic mass is 9.71. The number of piperazine rings is 1. The van der Waals surface area contributed by atoms with E-state index in [-0.39, 0.29) is 71.6 Å². The molecule has 2 N–H and O–H groups in total. The van der Waals surface area contributed by atoms with E-state index in [1.807, 2.05) is 41.3 Å². The third kappa shape index (κ3) is 10.6. The molecule has 3 saturated heterocycles. The van der Waals surface area contributed by atoms with Crippen LogP contribution in [-0.2, 0) is 24.2 Å². The van der Waals surface area contributed by atoms with Gasteiger partial charge in [-0.1, -0.05) is 49.2 Å². The molecular formula is C51H58Cl2FN7O8S. The Bertz CT molecular complexity index is 2880. The monoisotopic (exact) mass is 1020 g/mol. The number of fused-ring (bicyclic) bond motifs is 4. The van der Waals surface area contributed by atoms with Crippen molar-refractivity contribution in [1.82, 2.24) is 24.6 Å². The summed E-state index contributed by atoms with van der Waals surface area (Å²) in [7, 11) is -4.53. The van der Waals surface area contributed by atoms with Gasteiger partial charge in [-0.05, 0) is 96.3 Å². The molecule has 2 atom stereocenters. The Kier molecular flexibility index (Phi) is 14.1. The zero-order valence-corrected chi connectivity index (χ0v) is 41.7. The number of benzene rings is 2. The van der Waals surface area contributed by atoms with Crippen molar-refractivity contribution in [1.29, 1.82) is 0 Å². The van der Waals surface area contributed by atoms with Crippen LogP contribution in [0.3, 0.4) is 0 Å². The molecule has 5 aromatic rings. The lowest BCUT2D eigenvalue weighted by Gasteiger charge is -2.45. The molecule has 3 aromatic heterocycles. The number of H-pyrrole nitrogens is 1. The van der Waals surface area contributed by atoms with Crippen molar-refractivity contribution in [3.63, 3.8) is 0 Å². The van der Waals surface area contributed by atoms with E-state index in [4.69, 9.17) is 51.9 Å². The van der Waals surface area contributed by atoms with Crippen LogP contribution >= 0.6 is 23.2 Å². The molecule has 1 unspecified atom stereocenters. The van der Waals surface area contributed by atoms with Gasteiger partial charge in [-0.25, -0.2) is 22.5 Å². The lowest BCUT2D eigenvalue weighted by Crippen LogP contribution is -2.56. The highest BCUT2D eigenvalue weighted by molar-refractivity contribution is 7.90. The van der Waals surface area contributed by atoms with Gasteiger partial charge in [-0.15, -0.1) is 0 Å². The molecule has 0 saturated carbocycles. The first-order valence-electron chi connectivity index (χ1n) is 24.0. The van der Waals surface area contributed by atoms with E-state index in [1.54, 1.807) is 12.3 Å². The van der Waals surface area contributed by atoms with Crippen LogP contribution in [0.4, 0.5) is 21.5 Å². The molecule has 2 aromatic carbocycles. The first kappa shape index (κ1) is 48.6. The first-order chi connectivity index (χ1) is 33.7. The molecule has 5 aliphatic rings. The van der Waals surface area contributed by atoms with Crippen molar-refractivity contribution in [2.75, 3.05) is 88.8 Å². The fourth-order valence-electron chi connectivity index (χ4n) is 10.2. The number of carbonyl (C=O) groups is 1. The van der Waals surface area contributed by atoms with Gasteiger partial charge in [-0.3, -0.25) is 9.69 Å². The number of aromatic nitrogens is 3. The summed E-state index contributed by atoms with van der Waals surface area (Å²) in [5, 5.41) is 1.40. The molecular weight excluding hydrogens is 961 g/mol. The van der Waals surface area contributed by atoms with Crippen LogP contribution in [0.1, 0.15) is 68.3 Å². The SMILES string of the molecule is CC1(C)CC(c2ccc(Cl)cc2)=C2CN3CCN(c4ccc(C(=O)NS(=O)(=O)c5cnc(OCC6(F)CCOCC6)c(Cl)c5)c(N5CCCOc6nc7[nH]ccc7cc65)c4)CC3COCCCO[C@@H]2C1. The number of hydrogen-bond acceptors (Lipinski definition) is 13. The van der Waals surface area contributed by atoms with Gasteiger partial charge in [0.15, 0.2) is 0 Å². The molecule has 0 radical (unpaired) electrons. The van der Waals surface area contributed by atoms with Crippen molar-refractivity contribution in [2.24, 2.45) is 5.41 Å². The van der Waals surface area contributed by atoms with Gasteiger partial charge in [0.2, 0.25) is 11.8 Å². The van der Waals surface area contributed by atoms with Crippen LogP contribution in [0.15, 0.2) is 83.5 Å². The van der Waals surface area contributed by atoms with E-state index in [9.17, 15) is 13.2 Å². The van der Waals surface area contributed by atoms with Gasteiger partial charge in [0.25, 0.3) is 15.9 Å². The van der Waals surface area contributed by atoms with E-state index in [1.165, 1.54) is 16.7 Å². The molecule has 0 bridgehead atoms. The summed E-state index contributed by atoms with van der Waals surface area (Å²) in [6, 6.07) is 18.7. The van der Waals surface area contributed by atoms with Gasteiger partial charge in [0.05, 0.1) is 42.8 Å². The molecule has 10 rings (SSSR count). The minimum absolute atomic E-state index is 0.0218. The van der Waals surface area contributed by atoms with Crippen molar-refractivity contribution < 1.29 is 41.3 Å². The molecule has 1 amide bonds. The number of hydrogen-bond donors (Lipinski definition) is 2. The third-order valence-corrected chi connectivity index (χ3v) is 15.8. The maximum atomic E-state index is 15.2. The Labute approximate surface area is 417 Å². The summed E-state index contributed by atoms with van der Waals surface area (Å²) in [5.74, 6) is -0.595. The van der Waals surface area contributed by atoms with Gasteiger partial charge < -0.3 is 38.5 Å². The smallest absolute Gasteiger partial charge is 0.267 e. The number of ether oxygens (including phenoxy) is 5. The second-order valence-electron chi connectivity index (χ2n) is 19.6. The topological polar surface area (TPSA) is 161 Å². The molecule has 4 aliphatic heterocycles. The van der Waals surface area contributed by atoms with Crippen molar-refractivity contribution in [3.8, 4) is 11.8 Å². The summed E-state index contributed by atoms with van der Waals surface area (Å²) in [5.41, 5.74) is 4.96. The van der Waals surface area contributed by atoms with E-state index in [2.05, 4.69) is 50.5 Å². The number of anilines is 3. The number of nitrogens with one attached hydrogen (secondary N) is 2. The highest BCUT2D eigenvalue weighted by atomic mass is 35.5. The maximum Gasteiger partial charge on any atom is 0.267 e. The quantitative estimate of drug-likeness (QED) is 0.144. The van der Waals surface area contributed by atoms with E-state index in [0.29, 0.717) is 80.4 Å². The number of alkyl halides is 1. The lowest BCUT2D eigenvalue weighted by molar-refractivity contribution is -0.0331. The average molecular weight is 1020 g/mol. The summed E-state index contributed by atoms with van der Waals surface area (Å²) < 4.78 is 75.5. The van der Waals surface area contributed by atoms with E-state index in [0.717, 1.165) is 55.7 Å². The van der Waals surface area contributed by atoms with Gasteiger partial charge in [0, 0.05) is 94.3 Å². The molecule has 372 valence electrons. The average Bonchev–Trinajstić information content (AvgIpc) is 3.69. The zero-order valence-electron chi connectivity index (χ0n) is 39.4. The molecule has 3 fully saturated rings. The molecule has 1 aliphatic carbocycles. The minimum atomic E-state index is -4.53. The van der Waals surface area contributed by atoms with Gasteiger partial charge in [0.1, 0.15) is 33.5 Å². The number of carbonyl (C=O) groups excluding carboxylic acids is 1. The van der Waals surface area contributed by atoms with Crippen LogP contribution in [0.5, 0.6) is 11.8 Å². The van der Waals surface area contributed by atoms with Crippen molar-refractivity contribution >= 4 is 72.8 Å². The van der Waals surface area contributed by atoms with E-state index < -0.39 is 21.6 Å². The van der Waals surface area contributed by atoms with Gasteiger partial charge >= 0.3 is 0 Å². The van der Waals surface area contributed by atoms with Crippen LogP contribution in [-0.4, -0.2) is 131 Å². The Hall–Kier alpha value is -5.01. The second kappa shape index (κ2) is 20.2. The standard InChI is InChI=1S/C51H58Cl2FN7O8S/c1-50(2)26-40(33-5-7-35(52)8-6-33)41-30-60-17-16-59(29-37(60)31-66-18-4-20-67-45(41)27-50)36-9-10-39(43(24-36)61-15-3-19-68-49-44(61)23-34-11-14-55-46(34)57-49)47(62)58-70(63,64)38-25-42(53)48(56-28-38)69-32-51(54)12-21-65-22-13-51/h5-11,14,23-25,28,37,45H,3-4,12-13,15-22,26-27,29-32H2,1-2H3,(H,55,57)(H,58,62)/t37?,45-/m1/s1. The first-order valence-corrected chi connectivity index (χ1v) is 26.3. The predicted molar refractivity (Wildman–Crippen MR) is 267 cm³/mol. The summed E-state index contributed by atoms with van der Waals surface area (Å²) >= 11 is 12.8. The molecule has 7 heterocycles. The number of halogens is 3. The maximum absolute atomic E-state index is 15.2. The van der Waals surface area contributed by atoms with E-state index >= 15 is 4.39 Å². The zero-order chi connectivity index (χ0) is 48.6. The Morgan fingerprint density at radius 3 is 2.60 bits per heavy atom. The van der Waals surface area contributed by atoms with Crippen LogP contribution in [0.25, 0.3) is 16.6 Å². The Morgan fingerprint density at radius 1 is 0.957 bits per heavy atom. The number of sulfonamides is 1. The number of nitrogens with zero attached hydrogens (tertiary/aromatic N) is 5. The van der Waals surface area contributed by atoms with Crippen LogP contribution < -0.4 is 24.0 Å². The number of pyridine rings is 2. The summed E-state index contributed by atoms with van der Waals surface area (Å²) in [6.07, 6.45) is 6.35. The fourth-order valence-corrected chi connectivity index (χ4v) is 11.6. The van der Waals surface area contributed by atoms with Crippen LogP contribution in [0, 0.1) is 5.41 Å². The van der Waals surface area contributed by atoms with Crippen molar-refractivity contribution in [2.45, 2.75) is 75.1 Å². The Balaban J connectivity index is 0.957. The summed E-state index contributed by atoms with van der Waals surface area (Å²) in [4.78, 5) is 33.0. The third-order valence-electron chi connectivity index (χ3n) is 14.0. The number of aromatic amines is 1. The van der Waals surface area contributed by atoms with Crippen LogP contribution in [0.2, 0.25) is 10.0 Å². The number of amides is 1. The fraction of sp³-hybridized carbons (Fsp3) is 0.471. The normalized spacial score (nSPS) is 22.2. The molecule has 70 heavy (non-hydrogen) atoms.